The molecule has 5 heteroatoms. The van der Waals surface area contributed by atoms with E-state index in [9.17, 15) is 22.7 Å². The maximum Gasteiger partial charge on any atom is 0.162 e. The van der Waals surface area contributed by atoms with Gasteiger partial charge in [0.25, 0.3) is 0 Å². The number of aliphatic hydroxyl groups is 1. The average Bonchev–Trinajstić information content (AvgIpc) is 2.39. The van der Waals surface area contributed by atoms with Crippen LogP contribution in [0.3, 0.4) is 0 Å². The van der Waals surface area contributed by atoms with E-state index in [-0.39, 0.29) is 23.1 Å². The predicted octanol–water partition coefficient (Wildman–Crippen LogP) is 3.83. The first-order chi connectivity index (χ1) is 9.40. The van der Waals surface area contributed by atoms with Crippen LogP contribution in [-0.2, 0) is 6.42 Å². The van der Waals surface area contributed by atoms with Gasteiger partial charge in [0.15, 0.2) is 11.6 Å². The monoisotopic (exact) mass is 284 g/mol. The van der Waals surface area contributed by atoms with Crippen molar-refractivity contribution in [1.29, 1.82) is 0 Å². The molecule has 20 heavy (non-hydrogen) atoms. The molecule has 0 aliphatic rings. The fraction of sp³-hybridized carbons (Fsp3) is 0.200. The van der Waals surface area contributed by atoms with Crippen LogP contribution in [0.25, 0.3) is 0 Å². The van der Waals surface area contributed by atoms with E-state index in [2.05, 4.69) is 0 Å². The molecule has 0 radical (unpaired) electrons. The van der Waals surface area contributed by atoms with Crippen molar-refractivity contribution in [2.75, 3.05) is 0 Å². The Hall–Kier alpha value is -1.88. The van der Waals surface area contributed by atoms with Crippen LogP contribution in [-0.4, -0.2) is 5.11 Å². The number of hydrogen-bond acceptors (Lipinski definition) is 1. The first-order valence-electron chi connectivity index (χ1n) is 5.96. The van der Waals surface area contributed by atoms with Gasteiger partial charge in [0.2, 0.25) is 0 Å². The summed E-state index contributed by atoms with van der Waals surface area (Å²) in [6.45, 7) is 1.39. The summed E-state index contributed by atoms with van der Waals surface area (Å²) >= 11 is 0. The summed E-state index contributed by atoms with van der Waals surface area (Å²) in [5, 5.41) is 9.89. The molecule has 1 nitrogen and oxygen atoms in total. The van der Waals surface area contributed by atoms with Crippen LogP contribution >= 0.6 is 0 Å². The molecule has 1 atom stereocenters. The maximum absolute atomic E-state index is 13.7. The fourth-order valence-corrected chi connectivity index (χ4v) is 1.94. The van der Waals surface area contributed by atoms with Crippen molar-refractivity contribution in [1.82, 2.24) is 0 Å². The van der Waals surface area contributed by atoms with Crippen molar-refractivity contribution in [3.05, 3.63) is 70.3 Å². The van der Waals surface area contributed by atoms with Crippen molar-refractivity contribution in [2.45, 2.75) is 19.4 Å². The molecule has 1 unspecified atom stereocenters. The quantitative estimate of drug-likeness (QED) is 0.849. The molecule has 0 bridgehead atoms. The molecule has 0 heterocycles. The number of rotatable bonds is 3. The zero-order valence-electron chi connectivity index (χ0n) is 10.6. The normalized spacial score (nSPS) is 12.5. The summed E-state index contributed by atoms with van der Waals surface area (Å²) in [5.41, 5.74) is -0.273. The molecule has 106 valence electrons. The van der Waals surface area contributed by atoms with Crippen molar-refractivity contribution in [3.63, 3.8) is 0 Å². The summed E-state index contributed by atoms with van der Waals surface area (Å²) in [7, 11) is 0. The highest BCUT2D eigenvalue weighted by molar-refractivity contribution is 5.29. The molecule has 0 amide bonds. The van der Waals surface area contributed by atoms with Crippen molar-refractivity contribution >= 4 is 0 Å². The molecule has 0 saturated heterocycles. The Morgan fingerprint density at radius 3 is 2.40 bits per heavy atom. The van der Waals surface area contributed by atoms with Gasteiger partial charge >= 0.3 is 0 Å². The third kappa shape index (κ3) is 2.82. The minimum Gasteiger partial charge on any atom is -0.388 e. The van der Waals surface area contributed by atoms with E-state index in [0.29, 0.717) is 0 Å². The van der Waals surface area contributed by atoms with Crippen LogP contribution in [0.2, 0.25) is 0 Å². The van der Waals surface area contributed by atoms with Gasteiger partial charge in [-0.05, 0) is 36.2 Å². The first-order valence-corrected chi connectivity index (χ1v) is 5.96. The zero-order chi connectivity index (χ0) is 14.9. The summed E-state index contributed by atoms with van der Waals surface area (Å²) in [5.74, 6) is -3.60. The fourth-order valence-electron chi connectivity index (χ4n) is 1.94. The van der Waals surface area contributed by atoms with Crippen LogP contribution in [0.5, 0.6) is 0 Å². The largest absolute Gasteiger partial charge is 0.388 e. The predicted molar refractivity (Wildman–Crippen MR) is 66.1 cm³/mol. The molecule has 2 aromatic carbocycles. The van der Waals surface area contributed by atoms with Gasteiger partial charge in [-0.2, -0.15) is 0 Å². The number of aliphatic hydroxyl groups excluding tert-OH is 1. The number of halogens is 4. The second-order valence-electron chi connectivity index (χ2n) is 4.56. The van der Waals surface area contributed by atoms with E-state index in [1.54, 1.807) is 0 Å². The number of hydrogen-bond donors (Lipinski definition) is 1. The SMILES string of the molecule is Cc1cc(F)c(C(O)Cc2cccc(F)c2F)cc1F. The molecule has 0 spiro atoms. The van der Waals surface area contributed by atoms with E-state index in [4.69, 9.17) is 0 Å². The molecule has 0 aliphatic carbocycles. The number of benzene rings is 2. The van der Waals surface area contributed by atoms with E-state index >= 15 is 0 Å². The minimum absolute atomic E-state index is 0.0992. The van der Waals surface area contributed by atoms with Gasteiger partial charge in [0.1, 0.15) is 11.6 Å². The summed E-state index contributed by atoms with van der Waals surface area (Å²) < 4.78 is 53.6. The molecule has 0 aliphatic heterocycles. The van der Waals surface area contributed by atoms with Gasteiger partial charge < -0.3 is 5.11 Å². The smallest absolute Gasteiger partial charge is 0.162 e. The zero-order valence-corrected chi connectivity index (χ0v) is 10.6. The van der Waals surface area contributed by atoms with Crippen molar-refractivity contribution in [3.8, 4) is 0 Å². The van der Waals surface area contributed by atoms with Crippen molar-refractivity contribution in [2.24, 2.45) is 0 Å². The Morgan fingerprint density at radius 2 is 1.70 bits per heavy atom. The lowest BCUT2D eigenvalue weighted by Gasteiger charge is -2.13. The average molecular weight is 284 g/mol. The lowest BCUT2D eigenvalue weighted by atomic mass is 9.99. The standard InChI is InChI=1S/C15H12F4O/c1-8-5-13(18)10(7-12(8)17)14(20)6-9-3-2-4-11(16)15(9)19/h2-5,7,14,20H,6H2,1H3. The molecular weight excluding hydrogens is 272 g/mol. The minimum atomic E-state index is -1.46. The van der Waals surface area contributed by atoms with E-state index in [1.807, 2.05) is 0 Å². The van der Waals surface area contributed by atoms with Crippen molar-refractivity contribution < 1.29 is 22.7 Å². The lowest BCUT2D eigenvalue weighted by molar-refractivity contribution is 0.171. The second kappa shape index (κ2) is 5.63. The Labute approximate surface area is 113 Å². The van der Waals surface area contributed by atoms with Crippen LogP contribution < -0.4 is 0 Å². The molecule has 0 aromatic heterocycles. The Kier molecular flexibility index (Phi) is 4.09. The van der Waals surface area contributed by atoms with Gasteiger partial charge in [-0.25, -0.2) is 17.6 Å². The van der Waals surface area contributed by atoms with Gasteiger partial charge in [-0.15, -0.1) is 0 Å². The van der Waals surface area contributed by atoms with Gasteiger partial charge in [0.05, 0.1) is 6.10 Å². The topological polar surface area (TPSA) is 20.2 Å². The van der Waals surface area contributed by atoms with Crippen LogP contribution in [0.4, 0.5) is 17.6 Å². The lowest BCUT2D eigenvalue weighted by Crippen LogP contribution is -2.07. The highest BCUT2D eigenvalue weighted by Gasteiger charge is 2.18. The van der Waals surface area contributed by atoms with E-state index in [0.717, 1.165) is 18.2 Å². The highest BCUT2D eigenvalue weighted by Crippen LogP contribution is 2.25. The Morgan fingerprint density at radius 1 is 1.00 bits per heavy atom. The summed E-state index contributed by atoms with van der Waals surface area (Å²) in [4.78, 5) is 0. The molecule has 2 rings (SSSR count). The van der Waals surface area contributed by atoms with E-state index < -0.39 is 29.4 Å². The molecule has 0 saturated carbocycles. The summed E-state index contributed by atoms with van der Waals surface area (Å²) in [6.07, 6.45) is -1.80. The first kappa shape index (κ1) is 14.5. The molecule has 0 fully saturated rings. The van der Waals surface area contributed by atoms with Crippen LogP contribution in [0, 0.1) is 30.2 Å². The third-order valence-electron chi connectivity index (χ3n) is 3.08. The molecule has 1 N–H and O–H groups in total. The Bertz CT molecular complexity index is 640. The maximum atomic E-state index is 13.7. The van der Waals surface area contributed by atoms with E-state index in [1.165, 1.54) is 19.1 Å². The van der Waals surface area contributed by atoms with Crippen LogP contribution in [0.15, 0.2) is 30.3 Å². The molecular formula is C15H12F4O. The highest BCUT2D eigenvalue weighted by atomic mass is 19.2. The Balaban J connectivity index is 2.31. The van der Waals surface area contributed by atoms with Gasteiger partial charge in [0, 0.05) is 12.0 Å². The summed E-state index contributed by atoms with van der Waals surface area (Å²) in [6, 6.07) is 5.33. The second-order valence-corrected chi connectivity index (χ2v) is 4.56. The van der Waals surface area contributed by atoms with Gasteiger partial charge in [-0.1, -0.05) is 12.1 Å². The molecule has 2 aromatic rings. The van der Waals surface area contributed by atoms with Crippen LogP contribution in [0.1, 0.15) is 22.8 Å². The third-order valence-corrected chi connectivity index (χ3v) is 3.08. The van der Waals surface area contributed by atoms with Gasteiger partial charge in [-0.3, -0.25) is 0 Å². The number of aryl methyl sites for hydroxylation is 1.